The van der Waals surface area contributed by atoms with Crippen molar-refractivity contribution < 1.29 is 0 Å². The van der Waals surface area contributed by atoms with Gasteiger partial charge in [-0.05, 0) is 38.2 Å². The van der Waals surface area contributed by atoms with E-state index in [0.717, 1.165) is 56.0 Å². The molecule has 20 heavy (non-hydrogen) atoms. The second-order valence-electron chi connectivity index (χ2n) is 4.85. The Balaban J connectivity index is 2.12. The summed E-state index contributed by atoms with van der Waals surface area (Å²) >= 11 is 5.88. The third-order valence-electron chi connectivity index (χ3n) is 3.65. The Morgan fingerprint density at radius 3 is 2.80 bits per heavy atom. The molecule has 110 valence electrons. The molecule has 2 aromatic rings. The maximum Gasteiger partial charge on any atom is 0.159 e. The molecule has 5 heteroatoms. The van der Waals surface area contributed by atoms with Gasteiger partial charge in [-0.15, -0.1) is 11.6 Å². The van der Waals surface area contributed by atoms with Crippen LogP contribution in [0.3, 0.4) is 0 Å². The van der Waals surface area contributed by atoms with Crippen LogP contribution in [0, 0.1) is 0 Å². The number of hydrogen-bond acceptors (Lipinski definition) is 3. The summed E-state index contributed by atoms with van der Waals surface area (Å²) < 4.78 is 2.22. The summed E-state index contributed by atoms with van der Waals surface area (Å²) in [7, 11) is 0. The Kier molecular flexibility index (Phi) is 5.80. The average molecular weight is 295 g/mol. The van der Waals surface area contributed by atoms with Crippen LogP contribution in [-0.2, 0) is 13.0 Å². The fraction of sp³-hybridized carbons (Fsp3) is 0.600. The molecule has 0 unspecified atom stereocenters. The highest BCUT2D eigenvalue weighted by atomic mass is 35.5. The molecule has 0 atom stereocenters. The van der Waals surface area contributed by atoms with E-state index in [-0.39, 0.29) is 0 Å². The molecule has 0 bridgehead atoms. The summed E-state index contributed by atoms with van der Waals surface area (Å²) in [5.74, 6) is 1.65. The van der Waals surface area contributed by atoms with Gasteiger partial charge in [0.15, 0.2) is 5.65 Å². The van der Waals surface area contributed by atoms with E-state index in [1.807, 2.05) is 18.3 Å². The first-order chi connectivity index (χ1) is 9.80. The van der Waals surface area contributed by atoms with Crippen LogP contribution in [0.2, 0.25) is 0 Å². The van der Waals surface area contributed by atoms with E-state index in [9.17, 15) is 0 Å². The predicted octanol–water partition coefficient (Wildman–Crippen LogP) is 2.94. The van der Waals surface area contributed by atoms with Crippen LogP contribution in [0.5, 0.6) is 0 Å². The van der Waals surface area contributed by atoms with Crippen molar-refractivity contribution in [3.63, 3.8) is 0 Å². The average Bonchev–Trinajstić information content (AvgIpc) is 2.82. The van der Waals surface area contributed by atoms with Gasteiger partial charge in [-0.25, -0.2) is 9.97 Å². The lowest BCUT2D eigenvalue weighted by molar-refractivity contribution is 0.293. The van der Waals surface area contributed by atoms with Gasteiger partial charge in [0.25, 0.3) is 0 Å². The largest absolute Gasteiger partial charge is 0.313 e. The number of rotatable bonds is 8. The molecule has 0 saturated carbocycles. The molecule has 2 heterocycles. The van der Waals surface area contributed by atoms with Gasteiger partial charge in [0.1, 0.15) is 11.3 Å². The normalized spacial score (nSPS) is 11.6. The smallest absolute Gasteiger partial charge is 0.159 e. The van der Waals surface area contributed by atoms with Crippen LogP contribution < -0.4 is 0 Å². The number of pyridine rings is 1. The number of imidazole rings is 1. The van der Waals surface area contributed by atoms with Crippen LogP contribution in [-0.4, -0.2) is 44.9 Å². The molecule has 0 spiro atoms. The molecular formula is C15H23ClN4. The van der Waals surface area contributed by atoms with Crippen LogP contribution in [0.25, 0.3) is 11.2 Å². The van der Waals surface area contributed by atoms with Crippen molar-refractivity contribution in [2.75, 3.05) is 25.5 Å². The highest BCUT2D eigenvalue weighted by molar-refractivity contribution is 6.17. The van der Waals surface area contributed by atoms with Crippen LogP contribution in [0.15, 0.2) is 18.3 Å². The Morgan fingerprint density at radius 1 is 1.30 bits per heavy atom. The van der Waals surface area contributed by atoms with E-state index in [4.69, 9.17) is 11.6 Å². The van der Waals surface area contributed by atoms with Crippen LogP contribution in [0.1, 0.15) is 26.1 Å². The highest BCUT2D eigenvalue weighted by Gasteiger charge is 2.11. The van der Waals surface area contributed by atoms with E-state index in [0.29, 0.717) is 5.88 Å². The monoisotopic (exact) mass is 294 g/mol. The van der Waals surface area contributed by atoms with Gasteiger partial charge in [0.2, 0.25) is 0 Å². The van der Waals surface area contributed by atoms with E-state index >= 15 is 0 Å². The molecule has 0 amide bonds. The van der Waals surface area contributed by atoms with Gasteiger partial charge < -0.3 is 9.47 Å². The molecule has 4 nitrogen and oxygen atoms in total. The fourth-order valence-corrected chi connectivity index (χ4v) is 2.68. The van der Waals surface area contributed by atoms with E-state index < -0.39 is 0 Å². The first-order valence-electron chi connectivity index (χ1n) is 7.38. The molecule has 2 rings (SSSR count). The minimum atomic E-state index is 0.597. The summed E-state index contributed by atoms with van der Waals surface area (Å²) in [6.07, 6.45) is 3.73. The molecule has 0 aromatic carbocycles. The summed E-state index contributed by atoms with van der Waals surface area (Å²) in [4.78, 5) is 11.5. The van der Waals surface area contributed by atoms with Gasteiger partial charge >= 0.3 is 0 Å². The SMILES string of the molecule is CCN(CC)CCCn1c(CCCl)nc2cccnc21. The van der Waals surface area contributed by atoms with Crippen molar-refractivity contribution in [2.24, 2.45) is 0 Å². The lowest BCUT2D eigenvalue weighted by atomic mass is 10.3. The highest BCUT2D eigenvalue weighted by Crippen LogP contribution is 2.15. The third-order valence-corrected chi connectivity index (χ3v) is 3.84. The van der Waals surface area contributed by atoms with Gasteiger partial charge in [-0.3, -0.25) is 0 Å². The van der Waals surface area contributed by atoms with E-state index in [1.54, 1.807) is 0 Å². The molecule has 0 saturated heterocycles. The van der Waals surface area contributed by atoms with Crippen LogP contribution in [0.4, 0.5) is 0 Å². The molecule has 0 aliphatic heterocycles. The summed E-state index contributed by atoms with van der Waals surface area (Å²) in [6.45, 7) is 8.69. The molecule has 0 N–H and O–H groups in total. The number of alkyl halides is 1. The van der Waals surface area contributed by atoms with E-state index in [1.165, 1.54) is 0 Å². The number of hydrogen-bond donors (Lipinski definition) is 0. The third kappa shape index (κ3) is 3.49. The summed E-state index contributed by atoms with van der Waals surface area (Å²) in [5.41, 5.74) is 1.95. The Bertz CT molecular complexity index is 534. The van der Waals surface area contributed by atoms with Crippen molar-refractivity contribution in [1.82, 2.24) is 19.4 Å². The second kappa shape index (κ2) is 7.60. The first-order valence-corrected chi connectivity index (χ1v) is 7.92. The summed E-state index contributed by atoms with van der Waals surface area (Å²) in [5, 5.41) is 0. The van der Waals surface area contributed by atoms with Gasteiger partial charge in [0, 0.05) is 25.0 Å². The first kappa shape index (κ1) is 15.3. The van der Waals surface area contributed by atoms with Gasteiger partial charge in [-0.1, -0.05) is 13.8 Å². The van der Waals surface area contributed by atoms with Crippen LogP contribution >= 0.6 is 11.6 Å². The molecule has 0 aliphatic rings. The topological polar surface area (TPSA) is 34.0 Å². The maximum atomic E-state index is 5.88. The van der Waals surface area contributed by atoms with E-state index in [2.05, 4.69) is 33.3 Å². The fourth-order valence-electron chi connectivity index (χ4n) is 2.51. The molecule has 0 radical (unpaired) electrons. The van der Waals surface area contributed by atoms with Crippen molar-refractivity contribution >= 4 is 22.8 Å². The van der Waals surface area contributed by atoms with Crippen molar-refractivity contribution in [3.05, 3.63) is 24.2 Å². The number of aromatic nitrogens is 3. The zero-order valence-corrected chi connectivity index (χ0v) is 13.1. The zero-order valence-electron chi connectivity index (χ0n) is 12.3. The number of aryl methyl sites for hydroxylation is 2. The number of nitrogens with zero attached hydrogens (tertiary/aromatic N) is 4. The maximum absolute atomic E-state index is 5.88. The Labute approximate surface area is 125 Å². The van der Waals surface area contributed by atoms with Crippen molar-refractivity contribution in [3.8, 4) is 0 Å². The Hall–Kier alpha value is -1.13. The lowest BCUT2D eigenvalue weighted by Gasteiger charge is -2.18. The number of fused-ring (bicyclic) bond motifs is 1. The predicted molar refractivity (Wildman–Crippen MR) is 84.4 cm³/mol. The zero-order chi connectivity index (χ0) is 14.4. The standard InChI is InChI=1S/C15H23ClN4/c1-3-19(4-2)11-6-12-20-14(8-9-16)18-13-7-5-10-17-15(13)20/h5,7,10H,3-4,6,8-9,11-12H2,1-2H3. The summed E-state index contributed by atoms with van der Waals surface area (Å²) in [6, 6.07) is 3.95. The molecule has 0 fully saturated rings. The van der Waals surface area contributed by atoms with Gasteiger partial charge in [-0.2, -0.15) is 0 Å². The number of halogens is 1. The molecular weight excluding hydrogens is 272 g/mol. The molecule has 2 aromatic heterocycles. The second-order valence-corrected chi connectivity index (χ2v) is 5.22. The van der Waals surface area contributed by atoms with Crippen molar-refractivity contribution in [2.45, 2.75) is 33.2 Å². The lowest BCUT2D eigenvalue weighted by Crippen LogP contribution is -2.25. The molecule has 0 aliphatic carbocycles. The minimum absolute atomic E-state index is 0.597. The van der Waals surface area contributed by atoms with Gasteiger partial charge in [0.05, 0.1) is 0 Å². The minimum Gasteiger partial charge on any atom is -0.313 e. The quantitative estimate of drug-likeness (QED) is 0.702. The van der Waals surface area contributed by atoms with Crippen molar-refractivity contribution in [1.29, 1.82) is 0 Å². The Morgan fingerprint density at radius 2 is 2.10 bits per heavy atom.